The van der Waals surface area contributed by atoms with E-state index in [1.807, 2.05) is 58.9 Å². The van der Waals surface area contributed by atoms with Crippen LogP contribution in [0.4, 0.5) is 5.69 Å². The van der Waals surface area contributed by atoms with E-state index >= 15 is 0 Å². The van der Waals surface area contributed by atoms with Gasteiger partial charge in [-0.2, -0.15) is 0 Å². The fourth-order valence-electron chi connectivity index (χ4n) is 2.02. The highest BCUT2D eigenvalue weighted by Gasteiger charge is 2.13. The van der Waals surface area contributed by atoms with Gasteiger partial charge in [-0.1, -0.05) is 6.92 Å². The van der Waals surface area contributed by atoms with Crippen LogP contribution in [0.5, 0.6) is 5.75 Å². The second-order valence-corrected chi connectivity index (χ2v) is 7.21. The lowest BCUT2D eigenvalue weighted by atomic mass is 10.1. The highest BCUT2D eigenvalue weighted by Crippen LogP contribution is 2.16. The Hall–Kier alpha value is -2.24. The molecule has 0 bridgehead atoms. The fourth-order valence-corrected chi connectivity index (χ4v) is 2.02. The van der Waals surface area contributed by atoms with Gasteiger partial charge in [-0.05, 0) is 65.3 Å². The average molecular weight is 348 g/mol. The number of carbonyl (C=O) groups excluding carboxylic acids is 1. The first kappa shape index (κ1) is 20.8. The van der Waals surface area contributed by atoms with Crippen molar-refractivity contribution < 1.29 is 9.53 Å². The van der Waals surface area contributed by atoms with Crippen molar-refractivity contribution in [2.45, 2.75) is 59.6 Å². The lowest BCUT2D eigenvalue weighted by Gasteiger charge is -2.20. The minimum atomic E-state index is -0.261. The number of nitrogens with one attached hydrogen (secondary N) is 3. The molecule has 0 unspecified atom stereocenters. The highest BCUT2D eigenvalue weighted by molar-refractivity contribution is 5.95. The van der Waals surface area contributed by atoms with E-state index in [4.69, 9.17) is 4.74 Å². The number of aliphatic imine (C=N–C) groups is 1. The predicted molar refractivity (Wildman–Crippen MR) is 104 cm³/mol. The SMILES string of the molecule is CCCNC(=NCC(=O)NC(C)(C)C)Nc1ccc(OC(C)C)cc1. The first-order valence-corrected chi connectivity index (χ1v) is 8.82. The Kier molecular flexibility index (Phi) is 8.25. The van der Waals surface area contributed by atoms with Crippen LogP contribution in [0.2, 0.25) is 0 Å². The summed E-state index contributed by atoms with van der Waals surface area (Å²) in [5.41, 5.74) is 0.623. The molecule has 1 rings (SSSR count). The van der Waals surface area contributed by atoms with Crippen molar-refractivity contribution in [2.75, 3.05) is 18.4 Å². The maximum atomic E-state index is 11.9. The largest absolute Gasteiger partial charge is 0.491 e. The third-order valence-electron chi connectivity index (χ3n) is 2.93. The Labute approximate surface area is 151 Å². The van der Waals surface area contributed by atoms with E-state index in [1.165, 1.54) is 0 Å². The molecule has 6 heteroatoms. The molecule has 0 saturated heterocycles. The van der Waals surface area contributed by atoms with E-state index in [0.717, 1.165) is 24.4 Å². The molecule has 0 aliphatic carbocycles. The second-order valence-electron chi connectivity index (χ2n) is 7.21. The van der Waals surface area contributed by atoms with Crippen molar-refractivity contribution in [3.63, 3.8) is 0 Å². The number of guanidine groups is 1. The van der Waals surface area contributed by atoms with Crippen molar-refractivity contribution >= 4 is 17.6 Å². The van der Waals surface area contributed by atoms with Crippen molar-refractivity contribution in [1.82, 2.24) is 10.6 Å². The summed E-state index contributed by atoms with van der Waals surface area (Å²) in [6, 6.07) is 7.67. The van der Waals surface area contributed by atoms with Crippen molar-refractivity contribution in [1.29, 1.82) is 0 Å². The van der Waals surface area contributed by atoms with Crippen LogP contribution in [0.3, 0.4) is 0 Å². The van der Waals surface area contributed by atoms with Gasteiger partial charge in [-0.15, -0.1) is 0 Å². The van der Waals surface area contributed by atoms with E-state index in [2.05, 4.69) is 27.9 Å². The van der Waals surface area contributed by atoms with Crippen LogP contribution in [0.25, 0.3) is 0 Å². The van der Waals surface area contributed by atoms with Crippen molar-refractivity contribution in [3.8, 4) is 5.75 Å². The second kappa shape index (κ2) is 9.91. The van der Waals surface area contributed by atoms with Gasteiger partial charge in [0.1, 0.15) is 12.3 Å². The molecule has 25 heavy (non-hydrogen) atoms. The molecular weight excluding hydrogens is 316 g/mol. The molecule has 1 amide bonds. The standard InChI is InChI=1S/C19H32N4O2/c1-7-12-20-18(21-13-17(24)23-19(4,5)6)22-15-8-10-16(11-9-15)25-14(2)3/h8-11,14H,7,12-13H2,1-6H3,(H,23,24)(H2,20,21,22). The number of amides is 1. The molecule has 1 aromatic carbocycles. The summed E-state index contributed by atoms with van der Waals surface area (Å²) in [4.78, 5) is 16.3. The minimum absolute atomic E-state index is 0.0743. The smallest absolute Gasteiger partial charge is 0.242 e. The number of rotatable bonds is 7. The van der Waals surface area contributed by atoms with Crippen LogP contribution in [-0.4, -0.2) is 36.6 Å². The fraction of sp³-hybridized carbons (Fsp3) is 0.579. The summed E-state index contributed by atoms with van der Waals surface area (Å²) in [6.07, 6.45) is 1.11. The van der Waals surface area contributed by atoms with Gasteiger partial charge in [0.05, 0.1) is 6.10 Å². The zero-order valence-electron chi connectivity index (χ0n) is 16.3. The molecule has 0 radical (unpaired) electrons. The number of hydrogen-bond acceptors (Lipinski definition) is 3. The molecule has 0 heterocycles. The van der Waals surface area contributed by atoms with Gasteiger partial charge in [0.2, 0.25) is 5.91 Å². The summed E-state index contributed by atoms with van der Waals surface area (Å²) in [7, 11) is 0. The van der Waals surface area contributed by atoms with Crippen LogP contribution >= 0.6 is 0 Å². The van der Waals surface area contributed by atoms with Crippen molar-refractivity contribution in [2.24, 2.45) is 4.99 Å². The number of anilines is 1. The molecule has 0 aromatic heterocycles. The molecule has 0 aliphatic heterocycles. The van der Waals surface area contributed by atoms with E-state index in [0.29, 0.717) is 5.96 Å². The van der Waals surface area contributed by atoms with E-state index < -0.39 is 0 Å². The maximum absolute atomic E-state index is 11.9. The Balaban J connectivity index is 2.71. The van der Waals surface area contributed by atoms with Crippen molar-refractivity contribution in [3.05, 3.63) is 24.3 Å². The third kappa shape index (κ3) is 9.59. The normalized spacial score (nSPS) is 12.0. The number of ether oxygens (including phenoxy) is 1. The maximum Gasteiger partial charge on any atom is 0.242 e. The third-order valence-corrected chi connectivity index (χ3v) is 2.93. The molecule has 0 spiro atoms. The molecule has 140 valence electrons. The van der Waals surface area contributed by atoms with E-state index in [9.17, 15) is 4.79 Å². The number of nitrogens with zero attached hydrogens (tertiary/aromatic N) is 1. The molecule has 6 nitrogen and oxygen atoms in total. The molecule has 0 atom stereocenters. The lowest BCUT2D eigenvalue weighted by Crippen LogP contribution is -2.42. The minimum Gasteiger partial charge on any atom is -0.491 e. The van der Waals surface area contributed by atoms with Crippen LogP contribution in [0.1, 0.15) is 48.0 Å². The molecule has 0 saturated carbocycles. The van der Waals surface area contributed by atoms with Gasteiger partial charge in [0.25, 0.3) is 0 Å². The van der Waals surface area contributed by atoms with Crippen LogP contribution < -0.4 is 20.7 Å². The van der Waals surface area contributed by atoms with Crippen LogP contribution in [0, 0.1) is 0 Å². The summed E-state index contributed by atoms with van der Waals surface area (Å²) in [6.45, 7) is 12.8. The van der Waals surface area contributed by atoms with Gasteiger partial charge in [0, 0.05) is 17.8 Å². The molecule has 3 N–H and O–H groups in total. The summed E-state index contributed by atoms with van der Waals surface area (Å²) in [5.74, 6) is 1.30. The topological polar surface area (TPSA) is 74.8 Å². The van der Waals surface area contributed by atoms with Gasteiger partial charge in [-0.3, -0.25) is 4.79 Å². The quantitative estimate of drug-likeness (QED) is 0.523. The summed E-state index contributed by atoms with van der Waals surface area (Å²) in [5, 5.41) is 9.33. The zero-order chi connectivity index (χ0) is 18.9. The first-order chi connectivity index (χ1) is 11.7. The monoisotopic (exact) mass is 348 g/mol. The lowest BCUT2D eigenvalue weighted by molar-refractivity contribution is -0.121. The molecule has 0 fully saturated rings. The first-order valence-electron chi connectivity index (χ1n) is 8.82. The number of benzene rings is 1. The molecule has 1 aromatic rings. The Morgan fingerprint density at radius 2 is 1.84 bits per heavy atom. The Bertz CT molecular complexity index is 560. The highest BCUT2D eigenvalue weighted by atomic mass is 16.5. The Morgan fingerprint density at radius 3 is 2.36 bits per heavy atom. The van der Waals surface area contributed by atoms with Crippen LogP contribution in [-0.2, 0) is 4.79 Å². The summed E-state index contributed by atoms with van der Waals surface area (Å²) >= 11 is 0. The van der Waals surface area contributed by atoms with E-state index in [-0.39, 0.29) is 24.1 Å². The number of hydrogen-bond donors (Lipinski definition) is 3. The Morgan fingerprint density at radius 1 is 1.20 bits per heavy atom. The van der Waals surface area contributed by atoms with E-state index in [1.54, 1.807) is 0 Å². The van der Waals surface area contributed by atoms with Gasteiger partial charge >= 0.3 is 0 Å². The molecular formula is C19H32N4O2. The van der Waals surface area contributed by atoms with Gasteiger partial charge in [0.15, 0.2) is 5.96 Å². The molecule has 0 aliphatic rings. The van der Waals surface area contributed by atoms with Gasteiger partial charge < -0.3 is 20.7 Å². The number of carbonyl (C=O) groups is 1. The van der Waals surface area contributed by atoms with Crippen LogP contribution in [0.15, 0.2) is 29.3 Å². The summed E-state index contributed by atoms with van der Waals surface area (Å²) < 4.78 is 5.64. The van der Waals surface area contributed by atoms with Gasteiger partial charge in [-0.25, -0.2) is 4.99 Å². The zero-order valence-corrected chi connectivity index (χ0v) is 16.3. The average Bonchev–Trinajstić information content (AvgIpc) is 2.49. The predicted octanol–water partition coefficient (Wildman–Crippen LogP) is 3.16.